The second-order valence-electron chi connectivity index (χ2n) is 7.20. The first-order valence-electron chi connectivity index (χ1n) is 9.11. The molecule has 0 radical (unpaired) electrons. The van der Waals surface area contributed by atoms with E-state index in [9.17, 15) is 0 Å². The maximum atomic E-state index is 3.54. The van der Waals surface area contributed by atoms with Gasteiger partial charge in [-0.2, -0.15) is 41.5 Å². The van der Waals surface area contributed by atoms with Crippen LogP contribution in [0.3, 0.4) is 0 Å². The van der Waals surface area contributed by atoms with Crippen molar-refractivity contribution < 1.29 is 49.0 Å². The Labute approximate surface area is 198 Å². The van der Waals surface area contributed by atoms with Gasteiger partial charge in [0.05, 0.1) is 0 Å². The van der Waals surface area contributed by atoms with Gasteiger partial charge in [-0.3, -0.25) is 0 Å². The Kier molecular flexibility index (Phi) is 12.2. The molecule has 28 heavy (non-hydrogen) atoms. The average Bonchev–Trinajstić information content (AvgIpc) is 3.21. The summed E-state index contributed by atoms with van der Waals surface area (Å²) < 4.78 is 1.51. The molecule has 148 valence electrons. The van der Waals surface area contributed by atoms with Gasteiger partial charge < -0.3 is 24.8 Å². The van der Waals surface area contributed by atoms with Crippen molar-refractivity contribution >= 4 is 3.21 Å². The first-order chi connectivity index (χ1) is 12.3. The molecule has 4 rings (SSSR count). The van der Waals surface area contributed by atoms with E-state index in [2.05, 4.69) is 65.8 Å². The number of benzene rings is 2. The van der Waals surface area contributed by atoms with Crippen LogP contribution in [-0.2, 0) is 30.7 Å². The van der Waals surface area contributed by atoms with Crippen molar-refractivity contribution in [1.82, 2.24) is 0 Å². The van der Waals surface area contributed by atoms with Gasteiger partial charge in [0.15, 0.2) is 0 Å². The Bertz CT molecular complexity index is 817. The summed E-state index contributed by atoms with van der Waals surface area (Å²) >= 11 is 1.55. The number of aryl methyl sites for hydroxylation is 4. The van der Waals surface area contributed by atoms with E-state index in [-0.39, 0.29) is 24.8 Å². The molecule has 0 N–H and O–H groups in total. The summed E-state index contributed by atoms with van der Waals surface area (Å²) in [5.74, 6) is 0. The largest absolute Gasteiger partial charge is 1.00 e. The van der Waals surface area contributed by atoms with Crippen molar-refractivity contribution in [3.8, 4) is 11.1 Å². The standard InChI is InChI=1S/C17H17.C5H5.C3H6.2ClH.Zr/c1-10-5-14-9-15-6-11(2)13(4)8-17(15)16(14)7-12(10)3;1-2-4-5-3-1;1-3-2;;;/h5,7-8H,9H2,1-4H3;1-5H;1-2H3;2*1H;/q2*-1;;;;+2/p-2. The number of halogens is 2. The summed E-state index contributed by atoms with van der Waals surface area (Å²) in [6, 6.07) is 20.5. The fraction of sp³-hybridized carbons (Fsp3) is 0.280. The minimum Gasteiger partial charge on any atom is -1.00 e. The summed E-state index contributed by atoms with van der Waals surface area (Å²) in [5.41, 5.74) is 11.0. The van der Waals surface area contributed by atoms with Crippen molar-refractivity contribution in [2.24, 2.45) is 0 Å². The van der Waals surface area contributed by atoms with Crippen LogP contribution in [0.2, 0.25) is 0 Å². The van der Waals surface area contributed by atoms with Crippen LogP contribution in [0.4, 0.5) is 0 Å². The van der Waals surface area contributed by atoms with Crippen LogP contribution in [0.5, 0.6) is 0 Å². The van der Waals surface area contributed by atoms with E-state index in [1.807, 2.05) is 30.3 Å². The molecule has 0 bridgehead atoms. The van der Waals surface area contributed by atoms with Crippen LogP contribution in [0.15, 0.2) is 48.5 Å². The number of fused-ring (bicyclic) bond motifs is 3. The minimum atomic E-state index is 0. The molecule has 0 amide bonds. The van der Waals surface area contributed by atoms with E-state index < -0.39 is 0 Å². The van der Waals surface area contributed by atoms with Crippen LogP contribution in [0.25, 0.3) is 11.1 Å². The number of hydrogen-bond acceptors (Lipinski definition) is 0. The SMILES string of the molecule is C[C](C)=[Zr+2].Cc1[c-]c2c(cc1C)-c1cc(C)c(C)cc1C2.[Cl-].[Cl-].c1cc[cH-]c1. The molecule has 1 aliphatic carbocycles. The monoisotopic (exact) mass is 488 g/mol. The fourth-order valence-electron chi connectivity index (χ4n) is 2.97. The van der Waals surface area contributed by atoms with E-state index in [1.54, 1.807) is 24.2 Å². The predicted molar refractivity (Wildman–Crippen MR) is 111 cm³/mol. The summed E-state index contributed by atoms with van der Waals surface area (Å²) in [6.07, 6.45) is 1.05. The van der Waals surface area contributed by atoms with Gasteiger partial charge in [0.25, 0.3) is 0 Å². The first-order valence-corrected chi connectivity index (χ1v) is 10.3. The molecule has 0 saturated heterocycles. The van der Waals surface area contributed by atoms with Gasteiger partial charge in [0, 0.05) is 0 Å². The van der Waals surface area contributed by atoms with Gasteiger partial charge in [-0.15, -0.1) is 11.1 Å². The van der Waals surface area contributed by atoms with Gasteiger partial charge in [0.2, 0.25) is 0 Å². The van der Waals surface area contributed by atoms with Gasteiger partial charge >= 0.3 is 41.3 Å². The molecule has 3 aromatic carbocycles. The fourth-order valence-corrected chi connectivity index (χ4v) is 2.97. The van der Waals surface area contributed by atoms with Crippen molar-refractivity contribution in [1.29, 1.82) is 0 Å². The Morgan fingerprint density at radius 2 is 1.36 bits per heavy atom. The predicted octanol–water partition coefficient (Wildman–Crippen LogP) is 0.451. The average molecular weight is 491 g/mol. The molecule has 0 fully saturated rings. The second-order valence-corrected chi connectivity index (χ2v) is 9.66. The Hall–Kier alpha value is -0.877. The molecule has 1 aliphatic rings. The Morgan fingerprint density at radius 1 is 0.857 bits per heavy atom. The molecule has 3 heteroatoms. The van der Waals surface area contributed by atoms with Gasteiger partial charge in [0.1, 0.15) is 0 Å². The van der Waals surface area contributed by atoms with Crippen LogP contribution < -0.4 is 24.8 Å². The van der Waals surface area contributed by atoms with E-state index in [0.29, 0.717) is 0 Å². The van der Waals surface area contributed by atoms with E-state index in [0.717, 1.165) is 6.42 Å². The van der Waals surface area contributed by atoms with Crippen molar-refractivity contribution in [3.63, 3.8) is 0 Å². The van der Waals surface area contributed by atoms with Crippen LogP contribution in [0, 0.1) is 33.8 Å². The zero-order valence-corrected chi connectivity index (χ0v) is 21.6. The summed E-state index contributed by atoms with van der Waals surface area (Å²) in [5, 5.41) is 0. The third-order valence-electron chi connectivity index (χ3n) is 4.55. The van der Waals surface area contributed by atoms with Gasteiger partial charge in [-0.25, -0.2) is 12.1 Å². The van der Waals surface area contributed by atoms with Crippen LogP contribution >= 0.6 is 0 Å². The second kappa shape index (κ2) is 12.6. The molecule has 0 aromatic heterocycles. The normalized spacial score (nSPS) is 10.0. The smallest absolute Gasteiger partial charge is 0.0253 e. The number of rotatable bonds is 0. The molecule has 0 saturated carbocycles. The zero-order chi connectivity index (χ0) is 19.3. The molecule has 3 aromatic rings. The van der Waals surface area contributed by atoms with Gasteiger partial charge in [-0.05, 0) is 37.0 Å². The Balaban J connectivity index is 0.000000559. The van der Waals surface area contributed by atoms with Gasteiger partial charge in [-0.1, -0.05) is 31.5 Å². The molecule has 0 unspecified atom stereocenters. The molecule has 0 spiro atoms. The maximum Gasteiger partial charge on any atom is -0.0253 e. The molecule has 0 aliphatic heterocycles. The van der Waals surface area contributed by atoms with E-state index >= 15 is 0 Å². The number of hydrogen-bond donors (Lipinski definition) is 0. The third kappa shape index (κ3) is 7.51. The summed E-state index contributed by atoms with van der Waals surface area (Å²) in [6.45, 7) is 13.0. The molecular formula is C25H28Cl2Zr-2. The van der Waals surface area contributed by atoms with Crippen molar-refractivity contribution in [2.75, 3.05) is 0 Å². The quantitative estimate of drug-likeness (QED) is 0.314. The van der Waals surface area contributed by atoms with E-state index in [4.69, 9.17) is 0 Å². The van der Waals surface area contributed by atoms with E-state index in [1.165, 1.54) is 47.7 Å². The molecule has 0 atom stereocenters. The summed E-state index contributed by atoms with van der Waals surface area (Å²) in [4.78, 5) is 0. The van der Waals surface area contributed by atoms with Crippen LogP contribution in [-0.4, -0.2) is 3.21 Å². The minimum absolute atomic E-state index is 0. The summed E-state index contributed by atoms with van der Waals surface area (Å²) in [7, 11) is 0. The van der Waals surface area contributed by atoms with Crippen molar-refractivity contribution in [3.05, 3.63) is 88.0 Å². The molecule has 0 heterocycles. The Morgan fingerprint density at radius 3 is 1.86 bits per heavy atom. The molecular weight excluding hydrogens is 462 g/mol. The molecule has 0 nitrogen and oxygen atoms in total. The topological polar surface area (TPSA) is 0 Å². The maximum absolute atomic E-state index is 3.54. The van der Waals surface area contributed by atoms with Crippen molar-refractivity contribution in [2.45, 2.75) is 48.0 Å². The first kappa shape index (κ1) is 27.1. The van der Waals surface area contributed by atoms with Crippen LogP contribution in [0.1, 0.15) is 47.2 Å². The third-order valence-corrected chi connectivity index (χ3v) is 4.55. The zero-order valence-electron chi connectivity index (χ0n) is 17.6.